The molecule has 3 aromatic rings. The monoisotopic (exact) mass is 580 g/mol. The van der Waals surface area contributed by atoms with Gasteiger partial charge in [-0.15, -0.1) is 0 Å². The maximum atomic E-state index is 15.7. The molecule has 1 aromatic heterocycles. The first kappa shape index (κ1) is 28.2. The predicted molar refractivity (Wildman–Crippen MR) is 145 cm³/mol. The molecule has 0 bridgehead atoms. The van der Waals surface area contributed by atoms with E-state index in [4.69, 9.17) is 16.3 Å². The highest BCUT2D eigenvalue weighted by atomic mass is 35.5. The number of carbonyl (C=O) groups excluding carboxylic acids is 1. The third-order valence-electron chi connectivity index (χ3n) is 7.28. The van der Waals surface area contributed by atoms with E-state index in [0.717, 1.165) is 25.0 Å². The molecular formula is C28H29ClF4N4O3. The van der Waals surface area contributed by atoms with Crippen molar-refractivity contribution in [3.05, 3.63) is 68.2 Å². The smallest absolute Gasteiger partial charge is 0.416 e. The van der Waals surface area contributed by atoms with Crippen LogP contribution < -0.4 is 25.7 Å². The van der Waals surface area contributed by atoms with Gasteiger partial charge in [-0.2, -0.15) is 13.2 Å². The van der Waals surface area contributed by atoms with Gasteiger partial charge >= 0.3 is 6.18 Å². The number of halogens is 5. The number of alkyl halides is 3. The standard InChI is InChI=1S/C28H29ClF4N4O3/c1-14-11-36(12-15(2)35-14)24-22(30)9-19-23(26(24)40-3)37(18-6-7-18)13-20(25(19)38)27(39)34-10-16-4-5-17(29)8-21(16)28(31,32)33/h4-5,8-9,13-15,18,35H,6-7,10-12H2,1-3H3,(H,34,39)/t14-,15+. The molecule has 1 aliphatic carbocycles. The Balaban J connectivity index is 1.57. The third-order valence-corrected chi connectivity index (χ3v) is 7.51. The Morgan fingerprint density at radius 2 is 1.85 bits per heavy atom. The SMILES string of the molecule is COc1c(N2C[C@@H](C)N[C@@H](C)C2)c(F)cc2c(=O)c(C(=O)NCc3ccc(Cl)cc3C(F)(F)F)cn(C3CC3)c12. The van der Waals surface area contributed by atoms with Crippen molar-refractivity contribution in [2.75, 3.05) is 25.1 Å². The maximum Gasteiger partial charge on any atom is 0.416 e. The quantitative estimate of drug-likeness (QED) is 0.389. The topological polar surface area (TPSA) is 75.6 Å². The number of hydrogen-bond acceptors (Lipinski definition) is 5. The summed E-state index contributed by atoms with van der Waals surface area (Å²) < 4.78 is 63.7. The molecule has 7 nitrogen and oxygen atoms in total. The van der Waals surface area contributed by atoms with E-state index in [-0.39, 0.29) is 51.1 Å². The molecule has 1 amide bonds. The number of aromatic nitrogens is 1. The van der Waals surface area contributed by atoms with Gasteiger partial charge in [-0.05, 0) is 50.5 Å². The lowest BCUT2D eigenvalue weighted by atomic mass is 10.0. The van der Waals surface area contributed by atoms with Gasteiger partial charge in [0.25, 0.3) is 5.91 Å². The normalized spacial score (nSPS) is 19.6. The van der Waals surface area contributed by atoms with E-state index in [0.29, 0.717) is 18.6 Å². The van der Waals surface area contributed by atoms with E-state index < -0.39 is 35.4 Å². The van der Waals surface area contributed by atoms with E-state index in [1.165, 1.54) is 25.4 Å². The summed E-state index contributed by atoms with van der Waals surface area (Å²) in [5.41, 5.74) is -1.57. The molecule has 2 aromatic carbocycles. The number of fused-ring (bicyclic) bond motifs is 1. The van der Waals surface area contributed by atoms with Crippen molar-refractivity contribution in [2.24, 2.45) is 0 Å². The Morgan fingerprint density at radius 3 is 2.45 bits per heavy atom. The van der Waals surface area contributed by atoms with Crippen LogP contribution in [0.5, 0.6) is 5.75 Å². The number of carbonyl (C=O) groups is 1. The molecule has 2 N–H and O–H groups in total. The van der Waals surface area contributed by atoms with Crippen molar-refractivity contribution in [3.63, 3.8) is 0 Å². The molecule has 214 valence electrons. The fourth-order valence-electron chi connectivity index (χ4n) is 5.48. The lowest BCUT2D eigenvalue weighted by molar-refractivity contribution is -0.138. The largest absolute Gasteiger partial charge is 0.492 e. The Labute approximate surface area is 233 Å². The number of piperazine rings is 1. The number of amides is 1. The molecule has 2 heterocycles. The molecule has 0 unspecified atom stereocenters. The summed E-state index contributed by atoms with van der Waals surface area (Å²) in [6.07, 6.45) is -1.71. The van der Waals surface area contributed by atoms with Gasteiger partial charge in [-0.3, -0.25) is 9.59 Å². The van der Waals surface area contributed by atoms with Crippen molar-refractivity contribution in [1.29, 1.82) is 0 Å². The molecule has 2 atom stereocenters. The highest BCUT2D eigenvalue weighted by molar-refractivity contribution is 6.30. The summed E-state index contributed by atoms with van der Waals surface area (Å²) >= 11 is 5.74. The van der Waals surface area contributed by atoms with E-state index in [2.05, 4.69) is 10.6 Å². The van der Waals surface area contributed by atoms with Crippen molar-refractivity contribution in [2.45, 2.75) is 57.5 Å². The van der Waals surface area contributed by atoms with E-state index in [9.17, 15) is 22.8 Å². The van der Waals surface area contributed by atoms with E-state index in [1.807, 2.05) is 18.7 Å². The summed E-state index contributed by atoms with van der Waals surface area (Å²) in [6, 6.07) is 4.54. The Kier molecular flexibility index (Phi) is 7.47. The third kappa shape index (κ3) is 5.36. The minimum absolute atomic E-state index is 0.0312. The molecule has 1 saturated carbocycles. The number of rotatable bonds is 6. The van der Waals surface area contributed by atoms with Crippen molar-refractivity contribution >= 4 is 34.1 Å². The molecule has 1 aliphatic heterocycles. The molecule has 5 rings (SSSR count). The summed E-state index contributed by atoms with van der Waals surface area (Å²) in [7, 11) is 1.42. The van der Waals surface area contributed by atoms with Gasteiger partial charge in [0, 0.05) is 49.0 Å². The van der Waals surface area contributed by atoms with E-state index >= 15 is 4.39 Å². The first-order chi connectivity index (χ1) is 18.9. The van der Waals surface area contributed by atoms with Gasteiger partial charge in [0.2, 0.25) is 5.43 Å². The number of anilines is 1. The molecule has 0 spiro atoms. The van der Waals surface area contributed by atoms with Crippen LogP contribution in [-0.4, -0.2) is 42.8 Å². The van der Waals surface area contributed by atoms with Crippen LogP contribution in [0, 0.1) is 5.82 Å². The zero-order valence-corrected chi connectivity index (χ0v) is 22.9. The van der Waals surface area contributed by atoms with Gasteiger partial charge in [-0.25, -0.2) is 4.39 Å². The van der Waals surface area contributed by atoms with Gasteiger partial charge in [0.1, 0.15) is 11.3 Å². The molecular weight excluding hydrogens is 552 g/mol. The molecule has 40 heavy (non-hydrogen) atoms. The lowest BCUT2D eigenvalue weighted by Gasteiger charge is -2.38. The fraction of sp³-hybridized carbons (Fsp3) is 0.429. The van der Waals surface area contributed by atoms with Crippen LogP contribution in [0.15, 0.2) is 35.3 Å². The number of methoxy groups -OCH3 is 1. The molecule has 12 heteroatoms. The number of ether oxygens (including phenoxy) is 1. The number of hydrogen-bond donors (Lipinski definition) is 2. The van der Waals surface area contributed by atoms with Gasteiger partial charge in [-0.1, -0.05) is 17.7 Å². The average molecular weight is 581 g/mol. The maximum absolute atomic E-state index is 15.7. The van der Waals surface area contributed by atoms with Crippen molar-refractivity contribution < 1.29 is 27.1 Å². The number of nitrogens with zero attached hydrogens (tertiary/aromatic N) is 2. The van der Waals surface area contributed by atoms with Crippen LogP contribution in [0.4, 0.5) is 23.2 Å². The zero-order valence-electron chi connectivity index (χ0n) is 22.2. The van der Waals surface area contributed by atoms with Crippen molar-refractivity contribution in [1.82, 2.24) is 15.2 Å². The molecule has 2 aliphatic rings. The Hall–Kier alpha value is -3.31. The summed E-state index contributed by atoms with van der Waals surface area (Å²) in [4.78, 5) is 28.6. The van der Waals surface area contributed by atoms with Crippen molar-refractivity contribution in [3.8, 4) is 5.75 Å². The molecule has 1 saturated heterocycles. The van der Waals surface area contributed by atoms with Crippen LogP contribution >= 0.6 is 11.6 Å². The zero-order chi connectivity index (χ0) is 28.9. The van der Waals surface area contributed by atoms with Crippen LogP contribution in [-0.2, 0) is 12.7 Å². The van der Waals surface area contributed by atoms with E-state index in [1.54, 1.807) is 4.57 Å². The summed E-state index contributed by atoms with van der Waals surface area (Å²) in [6.45, 7) is 4.58. The number of benzene rings is 2. The first-order valence-corrected chi connectivity index (χ1v) is 13.4. The van der Waals surface area contributed by atoms with Gasteiger partial charge < -0.3 is 24.8 Å². The Morgan fingerprint density at radius 1 is 1.18 bits per heavy atom. The highest BCUT2D eigenvalue weighted by Gasteiger charge is 2.35. The van der Waals surface area contributed by atoms with Crippen LogP contribution in [0.3, 0.4) is 0 Å². The van der Waals surface area contributed by atoms with Crippen LogP contribution in [0.25, 0.3) is 10.9 Å². The molecule has 2 fully saturated rings. The van der Waals surface area contributed by atoms with Gasteiger partial charge in [0.05, 0.1) is 23.6 Å². The lowest BCUT2D eigenvalue weighted by Crippen LogP contribution is -2.54. The Bertz CT molecular complexity index is 1530. The fourth-order valence-corrected chi connectivity index (χ4v) is 5.65. The second-order valence-corrected chi connectivity index (χ2v) is 10.9. The highest BCUT2D eigenvalue weighted by Crippen LogP contribution is 2.44. The first-order valence-electron chi connectivity index (χ1n) is 13.0. The van der Waals surface area contributed by atoms with Gasteiger partial charge in [0.15, 0.2) is 11.6 Å². The second kappa shape index (κ2) is 10.6. The second-order valence-electron chi connectivity index (χ2n) is 10.5. The van der Waals surface area contributed by atoms with Crippen LogP contribution in [0.1, 0.15) is 54.2 Å². The molecule has 0 radical (unpaired) electrons. The minimum atomic E-state index is -4.68. The minimum Gasteiger partial charge on any atom is -0.492 e. The summed E-state index contributed by atoms with van der Waals surface area (Å²) in [5, 5.41) is 5.70. The summed E-state index contributed by atoms with van der Waals surface area (Å²) in [5.74, 6) is -1.31. The average Bonchev–Trinajstić information content (AvgIpc) is 3.72. The number of nitrogens with one attached hydrogen (secondary N) is 2. The predicted octanol–water partition coefficient (Wildman–Crippen LogP) is 5.27. The number of pyridine rings is 1. The van der Waals surface area contributed by atoms with Crippen LogP contribution in [0.2, 0.25) is 5.02 Å².